The second-order valence-electron chi connectivity index (χ2n) is 4.88. The summed E-state index contributed by atoms with van der Waals surface area (Å²) in [5.74, 6) is -0.128. The highest BCUT2D eigenvalue weighted by Crippen LogP contribution is 2.34. The molecule has 0 unspecified atom stereocenters. The van der Waals surface area contributed by atoms with E-state index in [4.69, 9.17) is 12.2 Å². The van der Waals surface area contributed by atoms with Crippen molar-refractivity contribution >= 4 is 78.2 Å². The van der Waals surface area contributed by atoms with Gasteiger partial charge in [0, 0.05) is 9.35 Å². The number of aryl methyl sites for hydroxylation is 1. The minimum Gasteiger partial charge on any atom is -0.327 e. The molecule has 2 heterocycles. The summed E-state index contributed by atoms with van der Waals surface area (Å²) in [6.45, 7) is 2.06. The molecule has 23 heavy (non-hydrogen) atoms. The van der Waals surface area contributed by atoms with Crippen LogP contribution in [-0.2, 0) is 11.2 Å². The molecule has 1 aliphatic rings. The monoisotopic (exact) mass is 470 g/mol. The zero-order valence-corrected chi connectivity index (χ0v) is 16.9. The van der Waals surface area contributed by atoms with E-state index in [1.807, 2.05) is 36.4 Å². The predicted octanol–water partition coefficient (Wildman–Crippen LogP) is 5.10. The summed E-state index contributed by atoms with van der Waals surface area (Å²) in [7, 11) is 0. The average molecular weight is 472 g/mol. The molecular formula is C16H12Br2N2OS2. The number of benzene rings is 1. The largest absolute Gasteiger partial charge is 0.327 e. The summed E-state index contributed by atoms with van der Waals surface area (Å²) in [5.41, 5.74) is 2.42. The van der Waals surface area contributed by atoms with Crippen LogP contribution in [0.25, 0.3) is 6.08 Å². The number of thiophene rings is 1. The number of halogens is 2. The molecule has 1 fully saturated rings. The molecule has 118 valence electrons. The summed E-state index contributed by atoms with van der Waals surface area (Å²) in [6.07, 6.45) is 2.66. The zero-order chi connectivity index (χ0) is 16.6. The standard InChI is InChI=1S/C16H12Br2N2OS2/c1-2-9-5-3-4-6-13(9)20-15(21)12(19-16(20)22)8-10-7-11(17)14(18)23-10/h3-8H,2H2,1H3,(H,19,22)/b12-8+. The third-order valence-corrected chi connectivity index (χ3v) is 6.93. The first-order valence-corrected chi connectivity index (χ1v) is 9.72. The van der Waals surface area contributed by atoms with Crippen molar-refractivity contribution in [1.29, 1.82) is 0 Å². The van der Waals surface area contributed by atoms with Crippen molar-refractivity contribution in [3.05, 3.63) is 54.7 Å². The Morgan fingerprint density at radius 3 is 2.74 bits per heavy atom. The third-order valence-electron chi connectivity index (χ3n) is 3.44. The van der Waals surface area contributed by atoms with E-state index in [2.05, 4.69) is 44.1 Å². The van der Waals surface area contributed by atoms with Crippen LogP contribution in [0.3, 0.4) is 0 Å². The van der Waals surface area contributed by atoms with Crippen molar-refractivity contribution < 1.29 is 4.79 Å². The van der Waals surface area contributed by atoms with Gasteiger partial charge in [0.1, 0.15) is 5.70 Å². The Kier molecular flexibility index (Phi) is 5.01. The Balaban J connectivity index is 1.97. The van der Waals surface area contributed by atoms with Crippen molar-refractivity contribution in [3.63, 3.8) is 0 Å². The Bertz CT molecular complexity index is 810. The first kappa shape index (κ1) is 16.8. The fraction of sp³-hybridized carbons (Fsp3) is 0.125. The lowest BCUT2D eigenvalue weighted by molar-refractivity contribution is -0.113. The number of amides is 1. The molecule has 0 aliphatic carbocycles. The molecule has 1 aromatic heterocycles. The van der Waals surface area contributed by atoms with Crippen molar-refractivity contribution in [2.24, 2.45) is 0 Å². The van der Waals surface area contributed by atoms with Crippen LogP contribution in [-0.4, -0.2) is 11.0 Å². The van der Waals surface area contributed by atoms with Crippen LogP contribution in [0.5, 0.6) is 0 Å². The molecule has 0 saturated carbocycles. The van der Waals surface area contributed by atoms with Crippen LogP contribution in [0.1, 0.15) is 17.4 Å². The van der Waals surface area contributed by atoms with Crippen molar-refractivity contribution in [2.75, 3.05) is 4.90 Å². The molecule has 0 atom stereocenters. The molecule has 1 saturated heterocycles. The van der Waals surface area contributed by atoms with E-state index in [-0.39, 0.29) is 5.91 Å². The number of carbonyl (C=O) groups is 1. The number of thiocarbonyl (C=S) groups is 1. The second kappa shape index (κ2) is 6.84. The smallest absolute Gasteiger partial charge is 0.281 e. The van der Waals surface area contributed by atoms with Gasteiger partial charge in [0.05, 0.1) is 9.47 Å². The summed E-state index contributed by atoms with van der Waals surface area (Å²) in [5, 5.41) is 3.44. The van der Waals surface area contributed by atoms with Gasteiger partial charge in [-0.05, 0) is 74.3 Å². The SMILES string of the molecule is CCc1ccccc1N1C(=O)/C(=C\c2cc(Br)c(Br)s2)NC1=S. The number of anilines is 1. The van der Waals surface area contributed by atoms with E-state index in [1.165, 1.54) is 0 Å². The molecule has 1 aromatic carbocycles. The number of hydrogen-bond donors (Lipinski definition) is 1. The lowest BCUT2D eigenvalue weighted by atomic mass is 10.1. The maximum atomic E-state index is 12.8. The summed E-state index contributed by atoms with van der Waals surface area (Å²) in [4.78, 5) is 15.3. The van der Waals surface area contributed by atoms with Crippen LogP contribution in [0, 0.1) is 0 Å². The molecule has 2 aromatic rings. The first-order valence-electron chi connectivity index (χ1n) is 6.91. The Morgan fingerprint density at radius 2 is 2.09 bits per heavy atom. The Morgan fingerprint density at radius 1 is 1.35 bits per heavy atom. The molecule has 3 nitrogen and oxygen atoms in total. The molecule has 0 spiro atoms. The van der Waals surface area contributed by atoms with Crippen molar-refractivity contribution in [1.82, 2.24) is 5.32 Å². The summed E-state index contributed by atoms with van der Waals surface area (Å²) in [6, 6.07) is 9.78. The molecule has 0 bridgehead atoms. The van der Waals surface area contributed by atoms with Gasteiger partial charge >= 0.3 is 0 Å². The van der Waals surface area contributed by atoms with Gasteiger partial charge in [0.25, 0.3) is 5.91 Å². The van der Waals surface area contributed by atoms with Crippen LogP contribution < -0.4 is 10.2 Å². The zero-order valence-electron chi connectivity index (χ0n) is 12.1. The molecule has 7 heteroatoms. The van der Waals surface area contributed by atoms with Gasteiger partial charge in [-0.2, -0.15) is 0 Å². The molecule has 0 radical (unpaired) electrons. The van der Waals surface area contributed by atoms with E-state index in [0.717, 1.165) is 30.8 Å². The molecule has 3 rings (SSSR count). The Labute approximate surface area is 160 Å². The minimum atomic E-state index is -0.128. The number of nitrogens with one attached hydrogen (secondary N) is 1. The highest BCUT2D eigenvalue weighted by molar-refractivity contribution is 9.13. The van der Waals surface area contributed by atoms with Crippen LogP contribution >= 0.6 is 55.4 Å². The minimum absolute atomic E-state index is 0.128. The number of para-hydroxylation sites is 1. The van der Waals surface area contributed by atoms with Gasteiger partial charge in [-0.25, -0.2) is 0 Å². The summed E-state index contributed by atoms with van der Waals surface area (Å²) < 4.78 is 1.96. The number of carbonyl (C=O) groups excluding carboxylic acids is 1. The molecule has 1 amide bonds. The fourth-order valence-electron chi connectivity index (χ4n) is 2.36. The molecule has 1 aliphatic heterocycles. The molecule has 1 N–H and O–H groups in total. The third kappa shape index (κ3) is 3.28. The van der Waals surface area contributed by atoms with E-state index in [1.54, 1.807) is 16.2 Å². The van der Waals surface area contributed by atoms with Gasteiger partial charge in [-0.3, -0.25) is 9.69 Å². The highest BCUT2D eigenvalue weighted by Gasteiger charge is 2.33. The number of hydrogen-bond acceptors (Lipinski definition) is 3. The fourth-order valence-corrected chi connectivity index (χ4v) is 4.68. The van der Waals surface area contributed by atoms with E-state index in [0.29, 0.717) is 10.8 Å². The number of nitrogens with zero attached hydrogens (tertiary/aromatic N) is 1. The van der Waals surface area contributed by atoms with Crippen molar-refractivity contribution in [2.45, 2.75) is 13.3 Å². The lowest BCUT2D eigenvalue weighted by Gasteiger charge is -2.17. The summed E-state index contributed by atoms with van der Waals surface area (Å²) >= 11 is 13.8. The van der Waals surface area contributed by atoms with E-state index < -0.39 is 0 Å². The van der Waals surface area contributed by atoms with Crippen LogP contribution in [0.4, 0.5) is 5.69 Å². The maximum Gasteiger partial charge on any atom is 0.281 e. The van der Waals surface area contributed by atoms with Gasteiger partial charge in [-0.15, -0.1) is 11.3 Å². The predicted molar refractivity (Wildman–Crippen MR) is 107 cm³/mol. The topological polar surface area (TPSA) is 32.3 Å². The first-order chi connectivity index (χ1) is 11.0. The highest BCUT2D eigenvalue weighted by atomic mass is 79.9. The molecular weight excluding hydrogens is 460 g/mol. The Hall–Kier alpha value is -1.02. The number of rotatable bonds is 3. The van der Waals surface area contributed by atoms with Crippen LogP contribution in [0.2, 0.25) is 0 Å². The average Bonchev–Trinajstić information content (AvgIpc) is 2.99. The normalized spacial score (nSPS) is 16.3. The van der Waals surface area contributed by atoms with Gasteiger partial charge in [-0.1, -0.05) is 25.1 Å². The van der Waals surface area contributed by atoms with Gasteiger partial charge < -0.3 is 5.32 Å². The maximum absolute atomic E-state index is 12.8. The van der Waals surface area contributed by atoms with Crippen molar-refractivity contribution in [3.8, 4) is 0 Å². The lowest BCUT2D eigenvalue weighted by Crippen LogP contribution is -2.31. The van der Waals surface area contributed by atoms with Gasteiger partial charge in [0.15, 0.2) is 5.11 Å². The van der Waals surface area contributed by atoms with Gasteiger partial charge in [0.2, 0.25) is 0 Å². The van der Waals surface area contributed by atoms with E-state index >= 15 is 0 Å². The van der Waals surface area contributed by atoms with Crippen LogP contribution in [0.15, 0.2) is 44.3 Å². The van der Waals surface area contributed by atoms with E-state index in [9.17, 15) is 4.79 Å². The second-order valence-corrected chi connectivity index (χ2v) is 8.52. The quantitative estimate of drug-likeness (QED) is 0.499.